The standard InChI is InChI=1S/C17H24N4O5S/c1-11(22)18-8-16(23)19-7-15-13-6-12(9-20(10-13)27(2,25)26)14-4-3-5-17(24)21(14)15/h3-5,12-13,15H,6-10H2,1-2H3,(H,18,22)(H,19,23)/t12-,13+,15+/m1/s1. The summed E-state index contributed by atoms with van der Waals surface area (Å²) in [7, 11) is -3.34. The maximum Gasteiger partial charge on any atom is 0.251 e. The number of hydrogen-bond acceptors (Lipinski definition) is 5. The second kappa shape index (κ2) is 7.43. The van der Waals surface area contributed by atoms with Crippen LogP contribution in [0.1, 0.15) is 31.0 Å². The zero-order valence-corrected chi connectivity index (χ0v) is 16.2. The van der Waals surface area contributed by atoms with E-state index in [0.717, 1.165) is 12.1 Å². The Morgan fingerprint density at radius 3 is 2.63 bits per heavy atom. The third-order valence-electron chi connectivity index (χ3n) is 5.24. The first-order valence-corrected chi connectivity index (χ1v) is 10.7. The molecule has 10 heteroatoms. The highest BCUT2D eigenvalue weighted by Crippen LogP contribution is 2.41. The van der Waals surface area contributed by atoms with Gasteiger partial charge in [-0.2, -0.15) is 0 Å². The number of rotatable bonds is 5. The van der Waals surface area contributed by atoms with Gasteiger partial charge < -0.3 is 15.2 Å². The van der Waals surface area contributed by atoms with Crippen LogP contribution in [-0.4, -0.2) is 61.5 Å². The molecule has 3 heterocycles. The van der Waals surface area contributed by atoms with E-state index in [4.69, 9.17) is 0 Å². The van der Waals surface area contributed by atoms with Crippen molar-refractivity contribution in [1.29, 1.82) is 0 Å². The van der Waals surface area contributed by atoms with E-state index in [0.29, 0.717) is 13.1 Å². The van der Waals surface area contributed by atoms with Gasteiger partial charge in [-0.1, -0.05) is 6.07 Å². The lowest BCUT2D eigenvalue weighted by Gasteiger charge is -2.46. The van der Waals surface area contributed by atoms with Crippen LogP contribution in [-0.2, 0) is 19.6 Å². The molecule has 3 atom stereocenters. The topological polar surface area (TPSA) is 118 Å². The molecule has 2 bridgehead atoms. The summed E-state index contributed by atoms with van der Waals surface area (Å²) in [5.41, 5.74) is 0.643. The number of nitrogens with one attached hydrogen (secondary N) is 2. The number of piperidine rings is 1. The van der Waals surface area contributed by atoms with Crippen LogP contribution in [0.3, 0.4) is 0 Å². The third-order valence-corrected chi connectivity index (χ3v) is 6.48. The molecule has 0 unspecified atom stereocenters. The maximum absolute atomic E-state index is 12.5. The Kier molecular flexibility index (Phi) is 5.38. The molecule has 0 aromatic carbocycles. The monoisotopic (exact) mass is 396 g/mol. The first kappa shape index (κ1) is 19.6. The summed E-state index contributed by atoms with van der Waals surface area (Å²) in [6.07, 6.45) is 1.96. The number of amides is 2. The molecule has 1 fully saturated rings. The van der Waals surface area contributed by atoms with Crippen molar-refractivity contribution in [2.75, 3.05) is 32.4 Å². The Balaban J connectivity index is 1.86. The first-order chi connectivity index (χ1) is 12.7. The van der Waals surface area contributed by atoms with Gasteiger partial charge in [0, 0.05) is 44.2 Å². The summed E-state index contributed by atoms with van der Waals surface area (Å²) in [5, 5.41) is 5.18. The lowest BCUT2D eigenvalue weighted by Crippen LogP contribution is -2.53. The molecule has 1 aromatic rings. The van der Waals surface area contributed by atoms with Gasteiger partial charge in [-0.05, 0) is 18.4 Å². The number of carbonyl (C=O) groups excluding carboxylic acids is 2. The van der Waals surface area contributed by atoms with Gasteiger partial charge >= 0.3 is 0 Å². The second-order valence-electron chi connectivity index (χ2n) is 7.21. The number of fused-ring (bicyclic) bond motifs is 4. The smallest absolute Gasteiger partial charge is 0.251 e. The van der Waals surface area contributed by atoms with E-state index in [1.807, 2.05) is 6.07 Å². The number of pyridine rings is 1. The summed E-state index contributed by atoms with van der Waals surface area (Å²) in [4.78, 5) is 35.4. The van der Waals surface area contributed by atoms with Crippen molar-refractivity contribution in [3.05, 3.63) is 34.2 Å². The molecule has 148 valence electrons. The van der Waals surface area contributed by atoms with E-state index in [-0.39, 0.29) is 48.3 Å². The molecule has 0 radical (unpaired) electrons. The zero-order chi connectivity index (χ0) is 19.8. The molecule has 1 saturated heterocycles. The van der Waals surface area contributed by atoms with Gasteiger partial charge in [-0.25, -0.2) is 12.7 Å². The number of hydrogen-bond donors (Lipinski definition) is 2. The third kappa shape index (κ3) is 4.22. The van der Waals surface area contributed by atoms with Crippen molar-refractivity contribution in [2.24, 2.45) is 5.92 Å². The zero-order valence-electron chi connectivity index (χ0n) is 15.3. The maximum atomic E-state index is 12.5. The minimum absolute atomic E-state index is 0.0429. The molecule has 2 aliphatic heterocycles. The lowest BCUT2D eigenvalue weighted by atomic mass is 9.79. The average molecular weight is 396 g/mol. The van der Waals surface area contributed by atoms with Crippen molar-refractivity contribution in [3.63, 3.8) is 0 Å². The van der Waals surface area contributed by atoms with Crippen molar-refractivity contribution in [3.8, 4) is 0 Å². The predicted molar refractivity (Wildman–Crippen MR) is 98.7 cm³/mol. The molecular weight excluding hydrogens is 372 g/mol. The van der Waals surface area contributed by atoms with Crippen LogP contribution < -0.4 is 16.2 Å². The predicted octanol–water partition coefficient (Wildman–Crippen LogP) is -0.980. The molecule has 27 heavy (non-hydrogen) atoms. The fourth-order valence-corrected chi connectivity index (χ4v) is 4.93. The molecular formula is C17H24N4O5S. The van der Waals surface area contributed by atoms with E-state index in [9.17, 15) is 22.8 Å². The Morgan fingerprint density at radius 1 is 1.22 bits per heavy atom. The Labute approximate surface area is 157 Å². The van der Waals surface area contributed by atoms with Crippen LogP contribution in [0.2, 0.25) is 0 Å². The van der Waals surface area contributed by atoms with Crippen LogP contribution >= 0.6 is 0 Å². The molecule has 2 aliphatic rings. The second-order valence-corrected chi connectivity index (χ2v) is 9.20. The lowest BCUT2D eigenvalue weighted by molar-refractivity contribution is -0.125. The fourth-order valence-electron chi connectivity index (χ4n) is 4.02. The summed E-state index contributed by atoms with van der Waals surface area (Å²) >= 11 is 0. The quantitative estimate of drug-likeness (QED) is 0.663. The molecule has 2 N–H and O–H groups in total. The van der Waals surface area contributed by atoms with E-state index < -0.39 is 10.0 Å². The van der Waals surface area contributed by atoms with Gasteiger partial charge in [-0.3, -0.25) is 14.4 Å². The molecule has 3 rings (SSSR count). The number of sulfonamides is 1. The average Bonchev–Trinajstić information content (AvgIpc) is 2.59. The first-order valence-electron chi connectivity index (χ1n) is 8.84. The van der Waals surface area contributed by atoms with Crippen LogP contribution in [0.5, 0.6) is 0 Å². The number of aromatic nitrogens is 1. The molecule has 9 nitrogen and oxygen atoms in total. The molecule has 2 amide bonds. The molecule has 1 aromatic heterocycles. The van der Waals surface area contributed by atoms with Crippen LogP contribution in [0.4, 0.5) is 0 Å². The fraction of sp³-hybridized carbons (Fsp3) is 0.588. The Hall–Kier alpha value is -2.20. The summed E-state index contributed by atoms with van der Waals surface area (Å²) in [5.74, 6) is -0.775. The summed E-state index contributed by atoms with van der Waals surface area (Å²) in [6, 6.07) is 4.67. The van der Waals surface area contributed by atoms with Gasteiger partial charge in [0.2, 0.25) is 21.8 Å². The van der Waals surface area contributed by atoms with Gasteiger partial charge in [-0.15, -0.1) is 0 Å². The Bertz CT molecular complexity index is 910. The highest BCUT2D eigenvalue weighted by molar-refractivity contribution is 7.88. The van der Waals surface area contributed by atoms with Crippen LogP contribution in [0.25, 0.3) is 0 Å². The van der Waals surface area contributed by atoms with E-state index in [1.165, 1.54) is 23.6 Å². The SMILES string of the molecule is CC(=O)NCC(=O)NC[C@H]1[C@H]2C[C@H](CN(S(C)(=O)=O)C2)c2cccc(=O)n21. The molecule has 0 spiro atoms. The minimum Gasteiger partial charge on any atom is -0.352 e. The van der Waals surface area contributed by atoms with E-state index in [1.54, 1.807) is 10.6 Å². The minimum atomic E-state index is -3.34. The van der Waals surface area contributed by atoms with Crippen molar-refractivity contribution in [2.45, 2.75) is 25.3 Å². The van der Waals surface area contributed by atoms with Crippen molar-refractivity contribution < 1.29 is 18.0 Å². The summed E-state index contributed by atoms with van der Waals surface area (Å²) in [6.45, 7) is 2.07. The number of carbonyl (C=O) groups is 2. The van der Waals surface area contributed by atoms with E-state index in [2.05, 4.69) is 10.6 Å². The normalized spacial score (nSPS) is 24.7. The Morgan fingerprint density at radius 2 is 1.96 bits per heavy atom. The number of nitrogens with zero attached hydrogens (tertiary/aromatic N) is 2. The largest absolute Gasteiger partial charge is 0.352 e. The highest BCUT2D eigenvalue weighted by atomic mass is 32.2. The van der Waals surface area contributed by atoms with Gasteiger partial charge in [0.25, 0.3) is 5.56 Å². The summed E-state index contributed by atoms with van der Waals surface area (Å²) < 4.78 is 27.3. The highest BCUT2D eigenvalue weighted by Gasteiger charge is 2.42. The van der Waals surface area contributed by atoms with E-state index >= 15 is 0 Å². The molecule has 0 aliphatic carbocycles. The van der Waals surface area contributed by atoms with Crippen LogP contribution in [0, 0.1) is 5.92 Å². The van der Waals surface area contributed by atoms with Gasteiger partial charge in [0.1, 0.15) is 0 Å². The van der Waals surface area contributed by atoms with Crippen molar-refractivity contribution in [1.82, 2.24) is 19.5 Å². The van der Waals surface area contributed by atoms with Crippen LogP contribution in [0.15, 0.2) is 23.0 Å². The van der Waals surface area contributed by atoms with Gasteiger partial charge in [0.05, 0.1) is 18.8 Å². The molecule has 0 saturated carbocycles. The van der Waals surface area contributed by atoms with Gasteiger partial charge in [0.15, 0.2) is 0 Å². The van der Waals surface area contributed by atoms with Crippen molar-refractivity contribution >= 4 is 21.8 Å².